The molecule has 4 aromatic rings. The van der Waals surface area contributed by atoms with Crippen molar-refractivity contribution in [3.05, 3.63) is 70.7 Å². The van der Waals surface area contributed by atoms with E-state index in [1.807, 2.05) is 54.6 Å². The number of furan rings is 1. The lowest BCUT2D eigenvalue weighted by Gasteiger charge is -1.97. The van der Waals surface area contributed by atoms with Crippen molar-refractivity contribution >= 4 is 38.6 Å². The van der Waals surface area contributed by atoms with Gasteiger partial charge in [-0.3, -0.25) is 0 Å². The van der Waals surface area contributed by atoms with Crippen LogP contribution in [0.15, 0.2) is 63.5 Å². The van der Waals surface area contributed by atoms with E-state index in [0.29, 0.717) is 17.2 Å². The molecule has 0 aliphatic carbocycles. The number of methoxy groups -OCH3 is 1. The summed E-state index contributed by atoms with van der Waals surface area (Å²) in [5.41, 5.74) is 2.92. The number of hydrogen-bond donors (Lipinski definition) is 1. The predicted octanol–water partition coefficient (Wildman–Crippen LogP) is 5.66. The van der Waals surface area contributed by atoms with Gasteiger partial charge in [0, 0.05) is 22.2 Å². The number of rotatable bonds is 4. The summed E-state index contributed by atoms with van der Waals surface area (Å²) in [5, 5.41) is 9.58. The molecule has 0 bridgehead atoms. The number of nitriles is 1. The summed E-state index contributed by atoms with van der Waals surface area (Å²) in [7, 11) is 1.61. The highest BCUT2D eigenvalue weighted by molar-refractivity contribution is 9.10. The molecular weight excluding hydrogens is 406 g/mol. The lowest BCUT2D eigenvalue weighted by atomic mass is 10.2. The van der Waals surface area contributed by atoms with Crippen LogP contribution in [0.5, 0.6) is 5.75 Å². The zero-order chi connectivity index (χ0) is 18.8. The summed E-state index contributed by atoms with van der Waals surface area (Å²) in [6.07, 6.45) is 1.68. The number of hydrogen-bond acceptors (Lipinski definition) is 4. The summed E-state index contributed by atoms with van der Waals surface area (Å²) in [6, 6.07) is 19.3. The SMILES string of the molecule is COc1ccc2nc(/C(C#N)=C\c3ccc(-c4cccc(Br)c4)o3)[nH]c2c1. The monoisotopic (exact) mass is 419 g/mol. The number of nitrogens with zero attached hydrogens (tertiary/aromatic N) is 2. The van der Waals surface area contributed by atoms with Crippen LogP contribution in [0.2, 0.25) is 0 Å². The van der Waals surface area contributed by atoms with Crippen molar-refractivity contribution in [2.24, 2.45) is 0 Å². The Hall–Kier alpha value is -3.30. The maximum absolute atomic E-state index is 9.58. The second kappa shape index (κ2) is 7.14. The average Bonchev–Trinajstić information content (AvgIpc) is 3.32. The Labute approximate surface area is 164 Å². The molecule has 27 heavy (non-hydrogen) atoms. The minimum atomic E-state index is 0.389. The molecule has 2 aromatic carbocycles. The van der Waals surface area contributed by atoms with E-state index in [-0.39, 0.29) is 0 Å². The van der Waals surface area contributed by atoms with Crippen LogP contribution in [0.1, 0.15) is 11.6 Å². The standard InChI is InChI=1S/C21H14BrN3O2/c1-26-16-5-7-18-19(11-16)25-21(24-18)14(12-23)10-17-6-8-20(27-17)13-3-2-4-15(22)9-13/h2-11H,1H3,(H,24,25)/b14-10-. The highest BCUT2D eigenvalue weighted by Crippen LogP contribution is 2.27. The third kappa shape index (κ3) is 3.50. The second-order valence-corrected chi connectivity index (χ2v) is 6.77. The Balaban J connectivity index is 1.69. The van der Waals surface area contributed by atoms with Gasteiger partial charge < -0.3 is 14.1 Å². The molecule has 0 aliphatic heterocycles. The van der Waals surface area contributed by atoms with E-state index in [0.717, 1.165) is 32.6 Å². The average molecular weight is 420 g/mol. The van der Waals surface area contributed by atoms with E-state index in [1.54, 1.807) is 13.2 Å². The molecular formula is C21H14BrN3O2. The van der Waals surface area contributed by atoms with Gasteiger partial charge in [0.2, 0.25) is 0 Å². The first-order valence-electron chi connectivity index (χ1n) is 8.18. The fraction of sp³-hybridized carbons (Fsp3) is 0.0476. The third-order valence-corrected chi connectivity index (χ3v) is 4.58. The molecule has 1 N–H and O–H groups in total. The zero-order valence-electron chi connectivity index (χ0n) is 14.4. The van der Waals surface area contributed by atoms with Crippen LogP contribution in [0.3, 0.4) is 0 Å². The van der Waals surface area contributed by atoms with E-state index in [9.17, 15) is 5.26 Å². The molecule has 0 spiro atoms. The summed E-state index contributed by atoms with van der Waals surface area (Å²) in [6.45, 7) is 0. The molecule has 0 saturated heterocycles. The fourth-order valence-corrected chi connectivity index (χ4v) is 3.17. The first kappa shape index (κ1) is 17.1. The number of ether oxygens (including phenoxy) is 1. The van der Waals surface area contributed by atoms with Crippen LogP contribution in [0.4, 0.5) is 0 Å². The van der Waals surface area contributed by atoms with Crippen LogP contribution in [0.25, 0.3) is 34.0 Å². The fourth-order valence-electron chi connectivity index (χ4n) is 2.77. The first-order chi connectivity index (χ1) is 13.2. The third-order valence-electron chi connectivity index (χ3n) is 4.09. The van der Waals surface area contributed by atoms with E-state index >= 15 is 0 Å². The molecule has 0 radical (unpaired) electrons. The molecule has 0 fully saturated rings. The summed E-state index contributed by atoms with van der Waals surface area (Å²) in [4.78, 5) is 7.64. The van der Waals surface area contributed by atoms with Gasteiger partial charge in [-0.2, -0.15) is 5.26 Å². The number of H-pyrrole nitrogens is 1. The van der Waals surface area contributed by atoms with Crippen molar-refractivity contribution in [2.75, 3.05) is 7.11 Å². The number of aromatic nitrogens is 2. The van der Waals surface area contributed by atoms with Crippen molar-refractivity contribution in [3.63, 3.8) is 0 Å². The van der Waals surface area contributed by atoms with Gasteiger partial charge in [-0.15, -0.1) is 0 Å². The molecule has 5 nitrogen and oxygen atoms in total. The Bertz CT molecular complexity index is 1200. The van der Waals surface area contributed by atoms with E-state index in [2.05, 4.69) is 32.0 Å². The van der Waals surface area contributed by atoms with Crippen molar-refractivity contribution < 1.29 is 9.15 Å². The maximum atomic E-state index is 9.58. The van der Waals surface area contributed by atoms with Gasteiger partial charge in [0.15, 0.2) is 0 Å². The second-order valence-electron chi connectivity index (χ2n) is 5.85. The van der Waals surface area contributed by atoms with Gasteiger partial charge in [0.25, 0.3) is 0 Å². The first-order valence-corrected chi connectivity index (χ1v) is 8.97. The number of fused-ring (bicyclic) bond motifs is 1. The zero-order valence-corrected chi connectivity index (χ0v) is 15.9. The van der Waals surface area contributed by atoms with Crippen molar-refractivity contribution in [1.82, 2.24) is 9.97 Å². The molecule has 132 valence electrons. The smallest absolute Gasteiger partial charge is 0.149 e. The summed E-state index contributed by atoms with van der Waals surface area (Å²) < 4.78 is 12.1. The quantitative estimate of drug-likeness (QED) is 0.433. The summed E-state index contributed by atoms with van der Waals surface area (Å²) >= 11 is 3.46. The highest BCUT2D eigenvalue weighted by Gasteiger charge is 2.11. The minimum absolute atomic E-state index is 0.389. The summed E-state index contributed by atoms with van der Waals surface area (Å²) in [5.74, 6) is 2.53. The molecule has 4 rings (SSSR count). The molecule has 0 atom stereocenters. The van der Waals surface area contributed by atoms with Crippen LogP contribution < -0.4 is 4.74 Å². The minimum Gasteiger partial charge on any atom is -0.497 e. The van der Waals surface area contributed by atoms with Crippen LogP contribution in [-0.4, -0.2) is 17.1 Å². The molecule has 6 heteroatoms. The lowest BCUT2D eigenvalue weighted by Crippen LogP contribution is -1.84. The molecule has 0 amide bonds. The highest BCUT2D eigenvalue weighted by atomic mass is 79.9. The Kier molecular flexibility index (Phi) is 4.53. The molecule has 0 aliphatic rings. The van der Waals surface area contributed by atoms with E-state index < -0.39 is 0 Å². The molecule has 2 heterocycles. The topological polar surface area (TPSA) is 74.8 Å². The van der Waals surface area contributed by atoms with Gasteiger partial charge >= 0.3 is 0 Å². The van der Waals surface area contributed by atoms with Crippen LogP contribution in [0, 0.1) is 11.3 Å². The number of benzene rings is 2. The largest absolute Gasteiger partial charge is 0.497 e. The van der Waals surface area contributed by atoms with E-state index in [4.69, 9.17) is 9.15 Å². The maximum Gasteiger partial charge on any atom is 0.149 e. The van der Waals surface area contributed by atoms with Crippen molar-refractivity contribution in [2.45, 2.75) is 0 Å². The predicted molar refractivity (Wildman–Crippen MR) is 108 cm³/mol. The van der Waals surface area contributed by atoms with Gasteiger partial charge in [-0.05, 0) is 36.4 Å². The lowest BCUT2D eigenvalue weighted by molar-refractivity contribution is 0.415. The molecule has 2 aromatic heterocycles. The number of nitrogens with one attached hydrogen (secondary N) is 1. The van der Waals surface area contributed by atoms with Gasteiger partial charge in [-0.1, -0.05) is 28.1 Å². The van der Waals surface area contributed by atoms with Crippen LogP contribution >= 0.6 is 15.9 Å². The Morgan fingerprint density at radius 1 is 1.22 bits per heavy atom. The Morgan fingerprint density at radius 3 is 2.89 bits per heavy atom. The number of halogens is 1. The van der Waals surface area contributed by atoms with Crippen molar-refractivity contribution in [3.8, 4) is 23.1 Å². The number of imidazole rings is 1. The van der Waals surface area contributed by atoms with Gasteiger partial charge in [0.1, 0.15) is 29.2 Å². The number of aromatic amines is 1. The van der Waals surface area contributed by atoms with Gasteiger partial charge in [0.05, 0.1) is 23.7 Å². The normalized spacial score (nSPS) is 11.5. The van der Waals surface area contributed by atoms with Crippen LogP contribution in [-0.2, 0) is 0 Å². The van der Waals surface area contributed by atoms with Gasteiger partial charge in [-0.25, -0.2) is 4.98 Å². The van der Waals surface area contributed by atoms with E-state index in [1.165, 1.54) is 0 Å². The Morgan fingerprint density at radius 2 is 2.11 bits per heavy atom. The van der Waals surface area contributed by atoms with Crippen molar-refractivity contribution in [1.29, 1.82) is 5.26 Å². The number of allylic oxidation sites excluding steroid dienone is 1. The molecule has 0 saturated carbocycles. The molecule has 0 unspecified atom stereocenters.